The van der Waals surface area contributed by atoms with Crippen LogP contribution in [0.15, 0.2) is 30.3 Å². The standard InChI is InChI=1S/C10H13N/c1-2-9-10(11-9)8-6-4-3-5-7-8/h3-7,9-11H,2H2,1H3. The van der Waals surface area contributed by atoms with Gasteiger partial charge in [-0.25, -0.2) is 0 Å². The first-order chi connectivity index (χ1) is 5.42. The van der Waals surface area contributed by atoms with Crippen LogP contribution in [0.1, 0.15) is 24.9 Å². The Labute approximate surface area is 67.4 Å². The van der Waals surface area contributed by atoms with E-state index in [9.17, 15) is 0 Å². The maximum Gasteiger partial charge on any atom is 0.0478 e. The van der Waals surface area contributed by atoms with Crippen molar-refractivity contribution in [3.05, 3.63) is 35.9 Å². The van der Waals surface area contributed by atoms with Crippen LogP contribution >= 0.6 is 0 Å². The van der Waals surface area contributed by atoms with Gasteiger partial charge in [0.2, 0.25) is 0 Å². The summed E-state index contributed by atoms with van der Waals surface area (Å²) in [7, 11) is 0. The van der Waals surface area contributed by atoms with E-state index < -0.39 is 0 Å². The van der Waals surface area contributed by atoms with Crippen LogP contribution in [0.5, 0.6) is 0 Å². The Morgan fingerprint density at radius 1 is 1.27 bits per heavy atom. The van der Waals surface area contributed by atoms with Gasteiger partial charge in [-0.2, -0.15) is 0 Å². The van der Waals surface area contributed by atoms with Gasteiger partial charge < -0.3 is 5.32 Å². The van der Waals surface area contributed by atoms with Gasteiger partial charge in [0.25, 0.3) is 0 Å². The minimum absolute atomic E-state index is 0.640. The molecule has 2 unspecified atom stereocenters. The lowest BCUT2D eigenvalue weighted by atomic mass is 10.1. The monoisotopic (exact) mass is 147 g/mol. The highest BCUT2D eigenvalue weighted by molar-refractivity contribution is 5.25. The number of hydrogen-bond acceptors (Lipinski definition) is 1. The van der Waals surface area contributed by atoms with E-state index in [1.54, 1.807) is 0 Å². The summed E-state index contributed by atoms with van der Waals surface area (Å²) in [6.07, 6.45) is 1.24. The third-order valence-electron chi connectivity index (χ3n) is 2.29. The maximum atomic E-state index is 3.43. The van der Waals surface area contributed by atoms with E-state index >= 15 is 0 Å². The molecule has 1 saturated heterocycles. The van der Waals surface area contributed by atoms with Crippen molar-refractivity contribution >= 4 is 0 Å². The average molecular weight is 147 g/mol. The van der Waals surface area contributed by atoms with Gasteiger partial charge in [-0.15, -0.1) is 0 Å². The molecule has 0 saturated carbocycles. The zero-order valence-electron chi connectivity index (χ0n) is 6.75. The molecule has 0 bridgehead atoms. The Bertz CT molecular complexity index is 230. The van der Waals surface area contributed by atoms with E-state index in [-0.39, 0.29) is 0 Å². The van der Waals surface area contributed by atoms with Crippen LogP contribution in [-0.2, 0) is 0 Å². The number of benzene rings is 1. The Morgan fingerprint density at radius 3 is 2.55 bits per heavy atom. The van der Waals surface area contributed by atoms with Crippen LogP contribution in [0, 0.1) is 0 Å². The highest BCUT2D eigenvalue weighted by atomic mass is 15.1. The fraction of sp³-hybridized carbons (Fsp3) is 0.400. The van der Waals surface area contributed by atoms with Gasteiger partial charge in [-0.3, -0.25) is 0 Å². The molecule has 0 radical (unpaired) electrons. The van der Waals surface area contributed by atoms with Crippen LogP contribution in [-0.4, -0.2) is 6.04 Å². The van der Waals surface area contributed by atoms with Crippen molar-refractivity contribution in [2.24, 2.45) is 0 Å². The van der Waals surface area contributed by atoms with Gasteiger partial charge in [0.15, 0.2) is 0 Å². The first kappa shape index (κ1) is 6.86. The molecule has 1 heteroatoms. The van der Waals surface area contributed by atoms with Gasteiger partial charge in [0.1, 0.15) is 0 Å². The smallest absolute Gasteiger partial charge is 0.0478 e. The minimum atomic E-state index is 0.640. The highest BCUT2D eigenvalue weighted by Gasteiger charge is 2.34. The molecule has 1 aliphatic heterocycles. The third-order valence-corrected chi connectivity index (χ3v) is 2.29. The molecule has 1 N–H and O–H groups in total. The molecule has 1 heterocycles. The molecular weight excluding hydrogens is 134 g/mol. The highest BCUT2D eigenvalue weighted by Crippen LogP contribution is 2.30. The van der Waals surface area contributed by atoms with Crippen molar-refractivity contribution in [2.75, 3.05) is 0 Å². The molecule has 1 fully saturated rings. The lowest BCUT2D eigenvalue weighted by molar-refractivity contribution is 0.868. The first-order valence-electron chi connectivity index (χ1n) is 4.23. The van der Waals surface area contributed by atoms with Crippen molar-refractivity contribution in [1.82, 2.24) is 5.32 Å². The molecule has 1 aliphatic rings. The van der Waals surface area contributed by atoms with Crippen LogP contribution in [0.3, 0.4) is 0 Å². The molecule has 0 spiro atoms. The van der Waals surface area contributed by atoms with Gasteiger partial charge in [0, 0.05) is 12.1 Å². The molecule has 1 aromatic rings. The van der Waals surface area contributed by atoms with Crippen LogP contribution in [0.2, 0.25) is 0 Å². The van der Waals surface area contributed by atoms with Crippen molar-refractivity contribution in [3.63, 3.8) is 0 Å². The molecular formula is C10H13N. The topological polar surface area (TPSA) is 21.9 Å². The summed E-state index contributed by atoms with van der Waals surface area (Å²) in [5.41, 5.74) is 1.43. The Kier molecular flexibility index (Phi) is 1.66. The van der Waals surface area contributed by atoms with Gasteiger partial charge in [-0.05, 0) is 12.0 Å². The summed E-state index contributed by atoms with van der Waals surface area (Å²) in [4.78, 5) is 0. The molecule has 2 atom stereocenters. The quantitative estimate of drug-likeness (QED) is 0.636. The molecule has 0 aliphatic carbocycles. The fourth-order valence-electron chi connectivity index (χ4n) is 1.52. The SMILES string of the molecule is CCC1NC1c1ccccc1. The summed E-state index contributed by atoms with van der Waals surface area (Å²) in [5.74, 6) is 0. The van der Waals surface area contributed by atoms with E-state index in [0.717, 1.165) is 6.04 Å². The van der Waals surface area contributed by atoms with Crippen molar-refractivity contribution < 1.29 is 0 Å². The Balaban J connectivity index is 2.09. The predicted octanol–water partition coefficient (Wildman–Crippen LogP) is 2.11. The summed E-state index contributed by atoms with van der Waals surface area (Å²) in [5, 5.41) is 3.43. The van der Waals surface area contributed by atoms with E-state index in [2.05, 4.69) is 42.6 Å². The molecule has 0 aromatic heterocycles. The molecule has 11 heavy (non-hydrogen) atoms. The van der Waals surface area contributed by atoms with Crippen LogP contribution in [0.4, 0.5) is 0 Å². The second-order valence-corrected chi connectivity index (χ2v) is 3.07. The first-order valence-corrected chi connectivity index (χ1v) is 4.23. The van der Waals surface area contributed by atoms with E-state index in [4.69, 9.17) is 0 Å². The van der Waals surface area contributed by atoms with E-state index in [1.807, 2.05) is 0 Å². The third kappa shape index (κ3) is 1.29. The van der Waals surface area contributed by atoms with Crippen molar-refractivity contribution in [1.29, 1.82) is 0 Å². The van der Waals surface area contributed by atoms with Crippen molar-refractivity contribution in [3.8, 4) is 0 Å². The second-order valence-electron chi connectivity index (χ2n) is 3.07. The van der Waals surface area contributed by atoms with E-state index in [1.165, 1.54) is 12.0 Å². The second kappa shape index (κ2) is 2.67. The lowest BCUT2D eigenvalue weighted by Crippen LogP contribution is -1.84. The Morgan fingerprint density at radius 2 is 2.00 bits per heavy atom. The zero-order valence-corrected chi connectivity index (χ0v) is 6.75. The maximum absolute atomic E-state index is 3.43. The largest absolute Gasteiger partial charge is 0.304 e. The predicted molar refractivity (Wildman–Crippen MR) is 46.4 cm³/mol. The number of nitrogens with one attached hydrogen (secondary N) is 1. The van der Waals surface area contributed by atoms with Crippen LogP contribution in [0.25, 0.3) is 0 Å². The van der Waals surface area contributed by atoms with Crippen molar-refractivity contribution in [2.45, 2.75) is 25.4 Å². The number of hydrogen-bond donors (Lipinski definition) is 1. The summed E-state index contributed by atoms with van der Waals surface area (Å²) in [6, 6.07) is 12.0. The summed E-state index contributed by atoms with van der Waals surface area (Å²) < 4.78 is 0. The molecule has 58 valence electrons. The molecule has 2 rings (SSSR count). The van der Waals surface area contributed by atoms with Gasteiger partial charge in [-0.1, -0.05) is 37.3 Å². The molecule has 1 nitrogen and oxygen atoms in total. The van der Waals surface area contributed by atoms with Crippen LogP contribution < -0.4 is 5.32 Å². The Hall–Kier alpha value is -0.820. The summed E-state index contributed by atoms with van der Waals surface area (Å²) >= 11 is 0. The molecule has 0 amide bonds. The van der Waals surface area contributed by atoms with Gasteiger partial charge >= 0.3 is 0 Å². The van der Waals surface area contributed by atoms with Gasteiger partial charge in [0.05, 0.1) is 0 Å². The number of rotatable bonds is 2. The summed E-state index contributed by atoms with van der Waals surface area (Å²) in [6.45, 7) is 2.22. The molecule has 1 aromatic carbocycles. The van der Waals surface area contributed by atoms with E-state index in [0.29, 0.717) is 6.04 Å². The normalized spacial score (nSPS) is 28.5. The average Bonchev–Trinajstić information content (AvgIpc) is 2.85. The lowest BCUT2D eigenvalue weighted by Gasteiger charge is -1.94. The fourth-order valence-corrected chi connectivity index (χ4v) is 1.52. The minimum Gasteiger partial charge on any atom is -0.304 e. The zero-order chi connectivity index (χ0) is 7.68.